The van der Waals surface area contributed by atoms with Crippen LogP contribution >= 0.6 is 0 Å². The van der Waals surface area contributed by atoms with Gasteiger partial charge in [0.15, 0.2) is 0 Å². The van der Waals surface area contributed by atoms with Crippen molar-refractivity contribution in [1.82, 2.24) is 5.32 Å². The molecule has 0 aromatic carbocycles. The number of rotatable bonds is 2. The van der Waals surface area contributed by atoms with Crippen molar-refractivity contribution in [3.63, 3.8) is 0 Å². The molecule has 1 saturated heterocycles. The maximum atomic E-state index is 5.38. The van der Waals surface area contributed by atoms with Gasteiger partial charge < -0.3 is 10.1 Å². The van der Waals surface area contributed by atoms with Gasteiger partial charge in [-0.15, -0.1) is 0 Å². The summed E-state index contributed by atoms with van der Waals surface area (Å²) in [4.78, 5) is 4.43. The summed E-state index contributed by atoms with van der Waals surface area (Å²) in [6.45, 7) is 6.27. The molecule has 0 amide bonds. The molecule has 0 radical (unpaired) electrons. The monoisotopic (exact) mass is 196 g/mol. The molecule has 0 bridgehead atoms. The number of nitrogens with one attached hydrogen (secondary N) is 1. The highest BCUT2D eigenvalue weighted by molar-refractivity contribution is 5.83. The third-order valence-corrected chi connectivity index (χ3v) is 3.29. The molecule has 0 unspecified atom stereocenters. The molecule has 2 aliphatic heterocycles. The number of hydrogen-bond acceptors (Lipinski definition) is 3. The van der Waals surface area contributed by atoms with Crippen molar-refractivity contribution in [2.75, 3.05) is 26.3 Å². The molecule has 3 heteroatoms. The van der Waals surface area contributed by atoms with E-state index in [-0.39, 0.29) is 0 Å². The Bertz CT molecular complexity index is 219. The second-order valence-electron chi connectivity index (χ2n) is 4.71. The van der Waals surface area contributed by atoms with Crippen molar-refractivity contribution < 1.29 is 4.74 Å². The van der Waals surface area contributed by atoms with Crippen LogP contribution in [0.1, 0.15) is 32.6 Å². The van der Waals surface area contributed by atoms with E-state index in [0.717, 1.165) is 32.7 Å². The molecule has 2 aliphatic rings. The standard InChI is InChI=1S/C11H20N2O/c1-11(4-7-14-8-5-11)9-13-10-3-2-6-12-10/h2-9H2,1H3,(H,12,13). The van der Waals surface area contributed by atoms with Crippen molar-refractivity contribution >= 4 is 5.84 Å². The number of hydrogen-bond donors (Lipinski definition) is 1. The number of ether oxygens (including phenoxy) is 1. The smallest absolute Gasteiger partial charge is 0.0963 e. The van der Waals surface area contributed by atoms with E-state index in [1.165, 1.54) is 25.1 Å². The third-order valence-electron chi connectivity index (χ3n) is 3.29. The predicted octanol–water partition coefficient (Wildman–Crippen LogP) is 1.59. The summed E-state index contributed by atoms with van der Waals surface area (Å²) in [5.41, 5.74) is 0.420. The summed E-state index contributed by atoms with van der Waals surface area (Å²) in [6, 6.07) is 0. The Hall–Kier alpha value is -0.570. The summed E-state index contributed by atoms with van der Waals surface area (Å²) >= 11 is 0. The molecule has 0 spiro atoms. The molecule has 1 N–H and O–H groups in total. The average molecular weight is 196 g/mol. The highest BCUT2D eigenvalue weighted by atomic mass is 16.5. The Labute approximate surface area is 85.9 Å². The Morgan fingerprint density at radius 2 is 2.21 bits per heavy atom. The lowest BCUT2D eigenvalue weighted by atomic mass is 9.82. The highest BCUT2D eigenvalue weighted by Crippen LogP contribution is 2.28. The summed E-state index contributed by atoms with van der Waals surface area (Å²) in [5, 5.41) is 3.49. The molecule has 0 atom stereocenters. The fourth-order valence-electron chi connectivity index (χ4n) is 2.04. The van der Waals surface area contributed by atoms with E-state index in [1.807, 2.05) is 0 Å². The Morgan fingerprint density at radius 1 is 1.43 bits per heavy atom. The van der Waals surface area contributed by atoms with Crippen molar-refractivity contribution in [1.29, 1.82) is 0 Å². The zero-order valence-corrected chi connectivity index (χ0v) is 9.01. The van der Waals surface area contributed by atoms with Gasteiger partial charge >= 0.3 is 0 Å². The Kier molecular flexibility index (Phi) is 3.06. The van der Waals surface area contributed by atoms with E-state index < -0.39 is 0 Å². The van der Waals surface area contributed by atoms with Gasteiger partial charge in [0, 0.05) is 32.7 Å². The minimum Gasteiger partial charge on any atom is -0.381 e. The molecular weight excluding hydrogens is 176 g/mol. The van der Waals surface area contributed by atoms with Crippen LogP contribution in [0.5, 0.6) is 0 Å². The van der Waals surface area contributed by atoms with E-state index in [2.05, 4.69) is 17.2 Å². The van der Waals surface area contributed by atoms with Crippen molar-refractivity contribution in [2.45, 2.75) is 32.6 Å². The second-order valence-corrected chi connectivity index (χ2v) is 4.71. The molecule has 1 fully saturated rings. The third kappa shape index (κ3) is 2.47. The molecule has 14 heavy (non-hydrogen) atoms. The fourth-order valence-corrected chi connectivity index (χ4v) is 2.04. The lowest BCUT2D eigenvalue weighted by molar-refractivity contribution is 0.0261. The van der Waals surface area contributed by atoms with Crippen molar-refractivity contribution in [2.24, 2.45) is 10.4 Å². The van der Waals surface area contributed by atoms with E-state index in [9.17, 15) is 0 Å². The Morgan fingerprint density at radius 3 is 2.86 bits per heavy atom. The number of aliphatic imine (C=N–C) groups is 1. The first-order valence-corrected chi connectivity index (χ1v) is 5.63. The molecule has 2 rings (SSSR count). The minimum absolute atomic E-state index is 0.420. The van der Waals surface area contributed by atoms with Crippen LogP contribution < -0.4 is 5.32 Å². The van der Waals surface area contributed by atoms with Crippen LogP contribution in [0.2, 0.25) is 0 Å². The molecule has 3 nitrogen and oxygen atoms in total. The van der Waals surface area contributed by atoms with Crippen LogP contribution in [0.4, 0.5) is 0 Å². The summed E-state index contributed by atoms with van der Waals surface area (Å²) in [5.74, 6) is 1.22. The zero-order chi connectivity index (χ0) is 9.86. The summed E-state index contributed by atoms with van der Waals surface area (Å²) in [6.07, 6.45) is 4.72. The van der Waals surface area contributed by atoms with Crippen LogP contribution in [0.3, 0.4) is 0 Å². The molecule has 0 saturated carbocycles. The maximum Gasteiger partial charge on any atom is 0.0963 e. The first-order chi connectivity index (χ1) is 6.79. The van der Waals surface area contributed by atoms with Gasteiger partial charge in [-0.25, -0.2) is 0 Å². The predicted molar refractivity (Wildman–Crippen MR) is 57.7 cm³/mol. The van der Waals surface area contributed by atoms with Crippen LogP contribution in [-0.2, 0) is 4.74 Å². The van der Waals surface area contributed by atoms with Crippen LogP contribution in [0, 0.1) is 5.41 Å². The van der Waals surface area contributed by atoms with E-state index in [1.54, 1.807) is 0 Å². The molecule has 2 heterocycles. The summed E-state index contributed by atoms with van der Waals surface area (Å²) in [7, 11) is 0. The quantitative estimate of drug-likeness (QED) is 0.727. The topological polar surface area (TPSA) is 33.6 Å². The van der Waals surface area contributed by atoms with Gasteiger partial charge in [0.25, 0.3) is 0 Å². The largest absolute Gasteiger partial charge is 0.381 e. The van der Waals surface area contributed by atoms with Gasteiger partial charge in [0.2, 0.25) is 0 Å². The second kappa shape index (κ2) is 4.30. The van der Waals surface area contributed by atoms with E-state index in [0.29, 0.717) is 5.41 Å². The normalized spacial score (nSPS) is 25.9. The lowest BCUT2D eigenvalue weighted by Gasteiger charge is -2.33. The van der Waals surface area contributed by atoms with Crippen LogP contribution in [0.25, 0.3) is 0 Å². The molecule has 0 aromatic heterocycles. The van der Waals surface area contributed by atoms with Crippen molar-refractivity contribution in [3.8, 4) is 0 Å². The van der Waals surface area contributed by atoms with Gasteiger partial charge in [-0.3, -0.25) is 4.99 Å². The maximum absolute atomic E-state index is 5.38. The van der Waals surface area contributed by atoms with E-state index >= 15 is 0 Å². The highest BCUT2D eigenvalue weighted by Gasteiger charge is 2.27. The number of nitrogens with zero attached hydrogens (tertiary/aromatic N) is 1. The minimum atomic E-state index is 0.420. The van der Waals surface area contributed by atoms with Gasteiger partial charge in [-0.1, -0.05) is 6.92 Å². The van der Waals surface area contributed by atoms with Crippen LogP contribution in [-0.4, -0.2) is 32.1 Å². The van der Waals surface area contributed by atoms with Gasteiger partial charge in [0.1, 0.15) is 0 Å². The SMILES string of the molecule is CC1(CNC2=NCCC2)CCOCC1. The zero-order valence-electron chi connectivity index (χ0n) is 9.01. The summed E-state index contributed by atoms with van der Waals surface area (Å²) < 4.78 is 5.38. The first kappa shape index (κ1) is 9.97. The van der Waals surface area contributed by atoms with Crippen LogP contribution in [0.15, 0.2) is 4.99 Å². The molecule has 80 valence electrons. The fraction of sp³-hybridized carbons (Fsp3) is 0.909. The molecule has 0 aliphatic carbocycles. The van der Waals surface area contributed by atoms with Gasteiger partial charge in [-0.05, 0) is 24.7 Å². The van der Waals surface area contributed by atoms with E-state index in [4.69, 9.17) is 4.74 Å². The first-order valence-electron chi connectivity index (χ1n) is 5.63. The Balaban J connectivity index is 1.77. The van der Waals surface area contributed by atoms with Crippen molar-refractivity contribution in [3.05, 3.63) is 0 Å². The van der Waals surface area contributed by atoms with Gasteiger partial charge in [-0.2, -0.15) is 0 Å². The lowest BCUT2D eigenvalue weighted by Crippen LogP contribution is -2.38. The molecule has 0 aromatic rings. The number of amidine groups is 1. The van der Waals surface area contributed by atoms with Gasteiger partial charge in [0.05, 0.1) is 5.84 Å². The average Bonchev–Trinajstić information content (AvgIpc) is 2.69. The molecular formula is C11H20N2O.